The third kappa shape index (κ3) is 5.76. The lowest BCUT2D eigenvalue weighted by Gasteiger charge is -2.06. The molecule has 4 heteroatoms. The standard InChI is InChI=1S/C14H19FN2O/c1-2-5-18-6-3-4-17-11-13-7-12(10-16)8-14(15)9-13/h7-9,17H,2-6,11H2,1H3. The number of rotatable bonds is 8. The van der Waals surface area contributed by atoms with Crippen molar-refractivity contribution in [3.05, 3.63) is 35.1 Å². The first-order valence-electron chi connectivity index (χ1n) is 6.24. The minimum atomic E-state index is -0.364. The summed E-state index contributed by atoms with van der Waals surface area (Å²) in [5, 5.41) is 11.9. The largest absolute Gasteiger partial charge is 0.381 e. The van der Waals surface area contributed by atoms with Gasteiger partial charge in [-0.3, -0.25) is 0 Å². The molecular weight excluding hydrogens is 231 g/mol. The predicted octanol–water partition coefficient (Wildman–Crippen LogP) is 2.60. The van der Waals surface area contributed by atoms with E-state index < -0.39 is 0 Å². The highest BCUT2D eigenvalue weighted by atomic mass is 19.1. The normalized spacial score (nSPS) is 10.3. The average Bonchev–Trinajstić information content (AvgIpc) is 2.37. The summed E-state index contributed by atoms with van der Waals surface area (Å²) < 4.78 is 18.5. The summed E-state index contributed by atoms with van der Waals surface area (Å²) in [6.45, 7) is 5.01. The molecular formula is C14H19FN2O. The van der Waals surface area contributed by atoms with E-state index >= 15 is 0 Å². The number of ether oxygens (including phenoxy) is 1. The first-order chi connectivity index (χ1) is 8.76. The first-order valence-corrected chi connectivity index (χ1v) is 6.24. The monoisotopic (exact) mass is 250 g/mol. The summed E-state index contributed by atoms with van der Waals surface area (Å²) in [5.41, 5.74) is 1.15. The molecule has 0 heterocycles. The quantitative estimate of drug-likeness (QED) is 0.721. The Hall–Kier alpha value is -1.44. The zero-order valence-corrected chi connectivity index (χ0v) is 10.7. The van der Waals surface area contributed by atoms with Gasteiger partial charge in [0.1, 0.15) is 5.82 Å². The van der Waals surface area contributed by atoms with Crippen LogP contribution in [0.15, 0.2) is 18.2 Å². The summed E-state index contributed by atoms with van der Waals surface area (Å²) in [7, 11) is 0. The third-order valence-electron chi connectivity index (χ3n) is 2.41. The van der Waals surface area contributed by atoms with Crippen LogP contribution in [0.25, 0.3) is 0 Å². The van der Waals surface area contributed by atoms with Gasteiger partial charge >= 0.3 is 0 Å². The van der Waals surface area contributed by atoms with E-state index in [1.165, 1.54) is 12.1 Å². The molecule has 0 radical (unpaired) electrons. The smallest absolute Gasteiger partial charge is 0.124 e. The fraction of sp³-hybridized carbons (Fsp3) is 0.500. The number of nitrogens with one attached hydrogen (secondary N) is 1. The molecule has 0 amide bonds. The highest BCUT2D eigenvalue weighted by molar-refractivity contribution is 5.33. The van der Waals surface area contributed by atoms with Crippen molar-refractivity contribution in [2.75, 3.05) is 19.8 Å². The molecule has 0 fully saturated rings. The van der Waals surface area contributed by atoms with E-state index in [9.17, 15) is 4.39 Å². The Labute approximate surface area is 108 Å². The van der Waals surface area contributed by atoms with Gasteiger partial charge < -0.3 is 10.1 Å². The fourth-order valence-electron chi connectivity index (χ4n) is 1.60. The summed E-state index contributed by atoms with van der Waals surface area (Å²) in [6, 6.07) is 6.33. The highest BCUT2D eigenvalue weighted by Crippen LogP contribution is 2.08. The molecule has 3 nitrogen and oxygen atoms in total. The number of benzene rings is 1. The second kappa shape index (κ2) is 8.62. The van der Waals surface area contributed by atoms with Crippen molar-refractivity contribution in [1.82, 2.24) is 5.32 Å². The fourth-order valence-corrected chi connectivity index (χ4v) is 1.60. The van der Waals surface area contributed by atoms with Crippen LogP contribution in [0.4, 0.5) is 4.39 Å². The van der Waals surface area contributed by atoms with Crippen molar-refractivity contribution in [3.63, 3.8) is 0 Å². The van der Waals surface area contributed by atoms with Crippen LogP contribution in [0.2, 0.25) is 0 Å². The van der Waals surface area contributed by atoms with E-state index in [2.05, 4.69) is 12.2 Å². The Morgan fingerprint density at radius 2 is 2.17 bits per heavy atom. The molecule has 0 aliphatic rings. The molecule has 1 rings (SSSR count). The van der Waals surface area contributed by atoms with Gasteiger partial charge in [0, 0.05) is 19.8 Å². The maximum absolute atomic E-state index is 13.1. The summed E-state index contributed by atoms with van der Waals surface area (Å²) in [5.74, 6) is -0.364. The van der Waals surface area contributed by atoms with Crippen LogP contribution < -0.4 is 5.32 Å². The topological polar surface area (TPSA) is 45.0 Å². The van der Waals surface area contributed by atoms with Crippen LogP contribution in [-0.2, 0) is 11.3 Å². The van der Waals surface area contributed by atoms with E-state index in [4.69, 9.17) is 10.00 Å². The Morgan fingerprint density at radius 3 is 2.89 bits per heavy atom. The van der Waals surface area contributed by atoms with Gasteiger partial charge in [-0.15, -0.1) is 0 Å². The van der Waals surface area contributed by atoms with Crippen LogP contribution in [0.5, 0.6) is 0 Å². The predicted molar refractivity (Wildman–Crippen MR) is 68.5 cm³/mol. The first kappa shape index (κ1) is 14.6. The van der Waals surface area contributed by atoms with Gasteiger partial charge in [0.2, 0.25) is 0 Å². The van der Waals surface area contributed by atoms with E-state index in [0.29, 0.717) is 12.1 Å². The summed E-state index contributed by atoms with van der Waals surface area (Å²) in [4.78, 5) is 0. The van der Waals surface area contributed by atoms with Crippen molar-refractivity contribution in [2.45, 2.75) is 26.3 Å². The molecule has 0 bridgehead atoms. The third-order valence-corrected chi connectivity index (χ3v) is 2.41. The van der Waals surface area contributed by atoms with Crippen molar-refractivity contribution >= 4 is 0 Å². The number of nitriles is 1. The molecule has 98 valence electrons. The van der Waals surface area contributed by atoms with Crippen molar-refractivity contribution in [3.8, 4) is 6.07 Å². The minimum absolute atomic E-state index is 0.359. The molecule has 18 heavy (non-hydrogen) atoms. The van der Waals surface area contributed by atoms with Gasteiger partial charge in [-0.2, -0.15) is 5.26 Å². The van der Waals surface area contributed by atoms with Gasteiger partial charge in [-0.1, -0.05) is 6.92 Å². The van der Waals surface area contributed by atoms with Gasteiger partial charge in [0.05, 0.1) is 11.6 Å². The van der Waals surface area contributed by atoms with Crippen LogP contribution >= 0.6 is 0 Å². The van der Waals surface area contributed by atoms with E-state index in [1.807, 2.05) is 6.07 Å². The van der Waals surface area contributed by atoms with Gasteiger partial charge in [0.15, 0.2) is 0 Å². The maximum atomic E-state index is 13.1. The van der Waals surface area contributed by atoms with Gasteiger partial charge in [-0.25, -0.2) is 4.39 Å². The Bertz CT molecular complexity index is 401. The summed E-state index contributed by atoms with van der Waals surface area (Å²) in [6.07, 6.45) is 1.97. The lowest BCUT2D eigenvalue weighted by molar-refractivity contribution is 0.132. The number of halogens is 1. The Balaban J connectivity index is 2.23. The van der Waals surface area contributed by atoms with Crippen molar-refractivity contribution in [1.29, 1.82) is 5.26 Å². The molecule has 0 aliphatic carbocycles. The van der Waals surface area contributed by atoms with Crippen LogP contribution in [-0.4, -0.2) is 19.8 Å². The molecule has 0 saturated heterocycles. The number of nitrogens with zero attached hydrogens (tertiary/aromatic N) is 1. The lowest BCUT2D eigenvalue weighted by atomic mass is 10.1. The Morgan fingerprint density at radius 1 is 1.33 bits per heavy atom. The van der Waals surface area contributed by atoms with Crippen molar-refractivity contribution < 1.29 is 9.13 Å². The molecule has 1 N–H and O–H groups in total. The molecule has 0 atom stereocenters. The molecule has 0 aromatic heterocycles. The van der Waals surface area contributed by atoms with E-state index in [1.54, 1.807) is 6.07 Å². The maximum Gasteiger partial charge on any atom is 0.124 e. The SMILES string of the molecule is CCCOCCCNCc1cc(F)cc(C#N)c1. The van der Waals surface area contributed by atoms with Crippen LogP contribution in [0.3, 0.4) is 0 Å². The second-order valence-electron chi connectivity index (χ2n) is 4.10. The second-order valence-corrected chi connectivity index (χ2v) is 4.10. The molecule has 1 aromatic rings. The van der Waals surface area contributed by atoms with Crippen LogP contribution in [0.1, 0.15) is 30.9 Å². The van der Waals surface area contributed by atoms with E-state index in [-0.39, 0.29) is 5.82 Å². The molecule has 0 aliphatic heterocycles. The van der Waals surface area contributed by atoms with Crippen molar-refractivity contribution in [2.24, 2.45) is 0 Å². The zero-order valence-electron chi connectivity index (χ0n) is 10.7. The number of hydrogen-bond acceptors (Lipinski definition) is 3. The summed E-state index contributed by atoms with van der Waals surface area (Å²) >= 11 is 0. The Kier molecular flexibility index (Phi) is 7.00. The zero-order chi connectivity index (χ0) is 13.2. The van der Waals surface area contributed by atoms with Crippen LogP contribution in [0, 0.1) is 17.1 Å². The minimum Gasteiger partial charge on any atom is -0.381 e. The molecule has 0 spiro atoms. The average molecular weight is 250 g/mol. The molecule has 1 aromatic carbocycles. The lowest BCUT2D eigenvalue weighted by Crippen LogP contribution is -2.16. The molecule has 0 saturated carbocycles. The van der Waals surface area contributed by atoms with Gasteiger partial charge in [0.25, 0.3) is 0 Å². The number of hydrogen-bond donors (Lipinski definition) is 1. The van der Waals surface area contributed by atoms with Gasteiger partial charge in [-0.05, 0) is 43.1 Å². The van der Waals surface area contributed by atoms with E-state index in [0.717, 1.165) is 38.2 Å². The molecule has 0 unspecified atom stereocenters. The highest BCUT2D eigenvalue weighted by Gasteiger charge is 2.00.